The van der Waals surface area contributed by atoms with Crippen LogP contribution in [-0.4, -0.2) is 19.5 Å². The van der Waals surface area contributed by atoms with Crippen molar-refractivity contribution in [2.45, 2.75) is 69.1 Å². The molecule has 0 bridgehead atoms. The van der Waals surface area contributed by atoms with Crippen molar-refractivity contribution in [3.05, 3.63) is 60.7 Å². The summed E-state index contributed by atoms with van der Waals surface area (Å²) in [7, 11) is -1.85. The van der Waals surface area contributed by atoms with Crippen molar-refractivity contribution in [1.82, 2.24) is 0 Å². The molecular formula is C24H33NO2SSi. The topological polar surface area (TPSA) is 29.5 Å². The molecule has 3 rings (SSSR count). The maximum absolute atomic E-state index is 13.1. The van der Waals surface area contributed by atoms with Gasteiger partial charge in [-0.15, -0.1) is 0 Å². The molecule has 0 radical (unpaired) electrons. The van der Waals surface area contributed by atoms with Gasteiger partial charge in [0.15, 0.2) is 5.12 Å². The predicted octanol–water partition coefficient (Wildman–Crippen LogP) is 6.92. The highest BCUT2D eigenvalue weighted by molar-refractivity contribution is 8.13. The molecule has 3 nitrogen and oxygen atoms in total. The molecule has 0 aliphatic heterocycles. The van der Waals surface area contributed by atoms with Gasteiger partial charge in [0.05, 0.1) is 11.7 Å². The molecule has 0 spiro atoms. The Morgan fingerprint density at radius 2 is 1.59 bits per heavy atom. The van der Waals surface area contributed by atoms with Crippen LogP contribution in [0.5, 0.6) is 0 Å². The van der Waals surface area contributed by atoms with Gasteiger partial charge in [0.2, 0.25) is 8.32 Å². The van der Waals surface area contributed by atoms with Gasteiger partial charge in [0.1, 0.15) is 0 Å². The number of carbonyl (C=O) groups excluding carboxylic acids is 1. The number of anilines is 1. The average Bonchev–Trinajstić information content (AvgIpc) is 2.72. The molecule has 0 heterocycles. The SMILES string of the molecule is C[Si](C)(C)ON(c1ccccc1)C(CC(=O)Sc1ccccc1)C1CCCCC1. The van der Waals surface area contributed by atoms with Gasteiger partial charge < -0.3 is 4.53 Å². The van der Waals surface area contributed by atoms with Crippen molar-refractivity contribution in [3.8, 4) is 0 Å². The number of hydrogen-bond donors (Lipinski definition) is 0. The minimum Gasteiger partial charge on any atom is -0.320 e. The standard InChI is InChI=1S/C24H33NO2SSi/c1-29(2,3)27-25(21-15-9-5-10-16-21)23(20-13-7-4-8-14-20)19-24(26)28-22-17-11-6-12-18-22/h5-6,9-12,15-18,20,23H,4,7-8,13-14,19H2,1-3H3. The van der Waals surface area contributed by atoms with Crippen molar-refractivity contribution >= 4 is 30.9 Å². The zero-order chi connectivity index (χ0) is 20.7. The zero-order valence-corrected chi connectivity index (χ0v) is 19.7. The van der Waals surface area contributed by atoms with Crippen LogP contribution in [0.1, 0.15) is 38.5 Å². The summed E-state index contributed by atoms with van der Waals surface area (Å²) >= 11 is 1.36. The molecule has 5 heteroatoms. The number of thioether (sulfide) groups is 1. The lowest BCUT2D eigenvalue weighted by molar-refractivity contribution is -0.112. The highest BCUT2D eigenvalue weighted by atomic mass is 32.2. The second-order valence-electron chi connectivity index (χ2n) is 8.82. The van der Waals surface area contributed by atoms with Gasteiger partial charge in [0, 0.05) is 11.3 Å². The van der Waals surface area contributed by atoms with Crippen molar-refractivity contribution in [1.29, 1.82) is 0 Å². The van der Waals surface area contributed by atoms with Gasteiger partial charge >= 0.3 is 0 Å². The number of nitrogens with zero attached hydrogens (tertiary/aromatic N) is 1. The summed E-state index contributed by atoms with van der Waals surface area (Å²) in [6.45, 7) is 6.63. The molecule has 2 aromatic rings. The van der Waals surface area contributed by atoms with Gasteiger partial charge in [-0.2, -0.15) is 0 Å². The van der Waals surface area contributed by atoms with Crippen molar-refractivity contribution < 1.29 is 9.32 Å². The van der Waals surface area contributed by atoms with E-state index in [0.717, 1.165) is 10.6 Å². The van der Waals surface area contributed by atoms with E-state index in [2.05, 4.69) is 36.8 Å². The second-order valence-corrected chi connectivity index (χ2v) is 14.4. The van der Waals surface area contributed by atoms with E-state index in [1.807, 2.05) is 48.5 Å². The Bertz CT molecular complexity index is 757. The third kappa shape index (κ3) is 7.02. The Morgan fingerprint density at radius 1 is 1.00 bits per heavy atom. The summed E-state index contributed by atoms with van der Waals surface area (Å²) in [6, 6.07) is 20.4. The molecule has 1 saturated carbocycles. The lowest BCUT2D eigenvalue weighted by atomic mass is 9.82. The van der Waals surface area contributed by atoms with Crippen LogP contribution in [0, 0.1) is 5.92 Å². The van der Waals surface area contributed by atoms with E-state index in [0.29, 0.717) is 12.3 Å². The minimum atomic E-state index is -1.85. The van der Waals surface area contributed by atoms with Crippen molar-refractivity contribution in [2.75, 3.05) is 5.06 Å². The number of hydroxylamine groups is 1. The Labute approximate surface area is 180 Å². The quantitative estimate of drug-likeness (QED) is 0.260. The van der Waals surface area contributed by atoms with Gasteiger partial charge in [-0.3, -0.25) is 9.86 Å². The van der Waals surface area contributed by atoms with Crippen LogP contribution in [-0.2, 0) is 9.32 Å². The molecule has 1 aliphatic carbocycles. The summed E-state index contributed by atoms with van der Waals surface area (Å²) in [5, 5.41) is 2.32. The number of hydrogen-bond acceptors (Lipinski definition) is 4. The maximum atomic E-state index is 13.1. The van der Waals surface area contributed by atoms with E-state index in [1.165, 1.54) is 43.9 Å². The first-order chi connectivity index (χ1) is 13.9. The number of rotatable bonds is 8. The van der Waals surface area contributed by atoms with E-state index in [4.69, 9.17) is 4.53 Å². The van der Waals surface area contributed by atoms with Crippen LogP contribution in [0.25, 0.3) is 0 Å². The molecule has 1 fully saturated rings. The Morgan fingerprint density at radius 3 is 2.17 bits per heavy atom. The highest BCUT2D eigenvalue weighted by Crippen LogP contribution is 2.35. The molecule has 0 saturated heterocycles. The molecule has 1 aliphatic rings. The zero-order valence-electron chi connectivity index (χ0n) is 17.8. The number of carbonyl (C=O) groups is 1. The summed E-state index contributed by atoms with van der Waals surface area (Å²) in [6.07, 6.45) is 6.64. The van der Waals surface area contributed by atoms with Gasteiger partial charge in [-0.05, 0) is 62.7 Å². The van der Waals surface area contributed by atoms with E-state index >= 15 is 0 Å². The molecule has 29 heavy (non-hydrogen) atoms. The largest absolute Gasteiger partial charge is 0.320 e. The summed E-state index contributed by atoms with van der Waals surface area (Å²) in [4.78, 5) is 14.1. The van der Waals surface area contributed by atoms with Crippen molar-refractivity contribution in [2.24, 2.45) is 5.92 Å². The molecule has 0 amide bonds. The fourth-order valence-electron chi connectivity index (χ4n) is 3.97. The van der Waals surface area contributed by atoms with Crippen LogP contribution in [0.2, 0.25) is 19.6 Å². The van der Waals surface area contributed by atoms with E-state index < -0.39 is 8.32 Å². The van der Waals surface area contributed by atoms with Crippen LogP contribution in [0.4, 0.5) is 5.69 Å². The van der Waals surface area contributed by atoms with E-state index in [1.54, 1.807) is 0 Å². The summed E-state index contributed by atoms with van der Waals surface area (Å²) in [5.41, 5.74) is 1.06. The lowest BCUT2D eigenvalue weighted by Gasteiger charge is -2.42. The second kappa shape index (κ2) is 10.5. The third-order valence-electron chi connectivity index (χ3n) is 5.23. The fourth-order valence-corrected chi connectivity index (χ4v) is 5.62. The number of para-hydroxylation sites is 1. The first-order valence-corrected chi connectivity index (χ1v) is 14.9. The van der Waals surface area contributed by atoms with E-state index in [-0.39, 0.29) is 11.2 Å². The average molecular weight is 428 g/mol. The lowest BCUT2D eigenvalue weighted by Crippen LogP contribution is -2.48. The predicted molar refractivity (Wildman–Crippen MR) is 126 cm³/mol. The third-order valence-corrected chi connectivity index (χ3v) is 6.88. The molecule has 0 aromatic heterocycles. The molecule has 2 aromatic carbocycles. The van der Waals surface area contributed by atoms with Crippen molar-refractivity contribution in [3.63, 3.8) is 0 Å². The first-order valence-electron chi connectivity index (χ1n) is 10.7. The monoisotopic (exact) mass is 427 g/mol. The van der Waals surface area contributed by atoms with Crippen LogP contribution < -0.4 is 5.06 Å². The fraction of sp³-hybridized carbons (Fsp3) is 0.458. The number of benzene rings is 2. The molecule has 156 valence electrons. The molecule has 1 unspecified atom stereocenters. The van der Waals surface area contributed by atoms with Gasteiger partial charge in [0.25, 0.3) is 0 Å². The normalized spacial score (nSPS) is 16.4. The first kappa shape index (κ1) is 22.1. The van der Waals surface area contributed by atoms with Gasteiger partial charge in [-0.25, -0.2) is 0 Å². The Balaban J connectivity index is 1.85. The van der Waals surface area contributed by atoms with Gasteiger partial charge in [-0.1, -0.05) is 67.4 Å². The minimum absolute atomic E-state index is 0.0770. The van der Waals surface area contributed by atoms with Crippen LogP contribution >= 0.6 is 11.8 Å². The highest BCUT2D eigenvalue weighted by Gasteiger charge is 2.34. The summed E-state index contributed by atoms with van der Waals surface area (Å²) in [5.74, 6) is 0.487. The Hall–Kier alpha value is -1.56. The molecule has 1 atom stereocenters. The smallest absolute Gasteiger partial charge is 0.220 e. The molecule has 0 N–H and O–H groups in total. The maximum Gasteiger partial charge on any atom is 0.220 e. The van der Waals surface area contributed by atoms with E-state index in [9.17, 15) is 4.79 Å². The Kier molecular flexibility index (Phi) is 7.98. The summed E-state index contributed by atoms with van der Waals surface area (Å²) < 4.78 is 6.60. The van der Waals surface area contributed by atoms with Crippen LogP contribution in [0.3, 0.4) is 0 Å². The van der Waals surface area contributed by atoms with Crippen LogP contribution in [0.15, 0.2) is 65.6 Å². The molecular weight excluding hydrogens is 394 g/mol.